The first-order valence-corrected chi connectivity index (χ1v) is 8.62. The molecule has 7 N–H and O–H groups in total. The van der Waals surface area contributed by atoms with Gasteiger partial charge in [0.2, 0.25) is 0 Å². The van der Waals surface area contributed by atoms with Crippen LogP contribution < -0.4 is 22.1 Å². The summed E-state index contributed by atoms with van der Waals surface area (Å²) >= 11 is 0. The van der Waals surface area contributed by atoms with E-state index in [0.29, 0.717) is 17.0 Å². The van der Waals surface area contributed by atoms with E-state index in [0.717, 1.165) is 26.2 Å². The maximum absolute atomic E-state index is 9.98. The molecule has 1 fully saturated rings. The number of nitrogens with zero attached hydrogens (tertiary/aromatic N) is 2. The largest absolute Gasteiger partial charge is 0.507 e. The van der Waals surface area contributed by atoms with Crippen LogP contribution in [0.4, 0.5) is 5.69 Å². The van der Waals surface area contributed by atoms with Gasteiger partial charge < -0.3 is 32.1 Å². The number of anilines is 1. The fraction of sp³-hybridized carbons (Fsp3) is 0.200. The lowest BCUT2D eigenvalue weighted by molar-refractivity contribution is 0.327. The van der Waals surface area contributed by atoms with Gasteiger partial charge in [0.15, 0.2) is 0 Å². The molecule has 2 aromatic carbocycles. The maximum Gasteiger partial charge on any atom is 0.124 e. The second kappa shape index (κ2) is 7.74. The lowest BCUT2D eigenvalue weighted by Crippen LogP contribution is -2.46. The van der Waals surface area contributed by atoms with Crippen molar-refractivity contribution in [2.45, 2.75) is 0 Å². The first kappa shape index (κ1) is 17.5. The molecular formula is C20H25N5O. The monoisotopic (exact) mass is 351 g/mol. The van der Waals surface area contributed by atoms with Crippen molar-refractivity contribution in [1.82, 2.24) is 4.90 Å². The summed E-state index contributed by atoms with van der Waals surface area (Å²) in [5.74, 6) is 0.349. The first-order chi connectivity index (χ1) is 12.6. The van der Waals surface area contributed by atoms with Crippen LogP contribution in [0, 0.1) is 0 Å². The Labute approximate surface area is 153 Å². The number of hydrogen-bond acceptors (Lipinski definition) is 6. The number of aromatic hydroxyl groups is 1. The Morgan fingerprint density at radius 1 is 0.846 bits per heavy atom. The van der Waals surface area contributed by atoms with Crippen molar-refractivity contribution in [2.75, 3.05) is 31.1 Å². The van der Waals surface area contributed by atoms with Crippen molar-refractivity contribution in [2.24, 2.45) is 17.2 Å². The second-order valence-electron chi connectivity index (χ2n) is 6.27. The van der Waals surface area contributed by atoms with Crippen LogP contribution in [-0.4, -0.2) is 36.2 Å². The number of allylic oxidation sites excluding steroid dienone is 1. The van der Waals surface area contributed by atoms with Crippen LogP contribution in [0.5, 0.6) is 5.75 Å². The van der Waals surface area contributed by atoms with Crippen molar-refractivity contribution in [3.8, 4) is 5.75 Å². The number of hydrogen-bond donors (Lipinski definition) is 4. The third-order valence-electron chi connectivity index (χ3n) is 4.54. The second-order valence-corrected chi connectivity index (χ2v) is 6.27. The quantitative estimate of drug-likeness (QED) is 0.624. The summed E-state index contributed by atoms with van der Waals surface area (Å²) in [6.45, 7) is 3.30. The van der Waals surface area contributed by atoms with Crippen LogP contribution in [0.2, 0.25) is 0 Å². The Bertz CT molecular complexity index is 804. The van der Waals surface area contributed by atoms with E-state index in [1.54, 1.807) is 24.3 Å². The van der Waals surface area contributed by atoms with Gasteiger partial charge in [-0.05, 0) is 30.3 Å². The first-order valence-electron chi connectivity index (χ1n) is 8.62. The average Bonchev–Trinajstić information content (AvgIpc) is 2.67. The van der Waals surface area contributed by atoms with Gasteiger partial charge in [0.05, 0.1) is 5.70 Å². The van der Waals surface area contributed by atoms with Gasteiger partial charge in [-0.2, -0.15) is 0 Å². The summed E-state index contributed by atoms with van der Waals surface area (Å²) in [6.07, 6.45) is 1.74. The number of rotatable bonds is 4. The molecule has 0 spiro atoms. The number of benzene rings is 2. The third kappa shape index (κ3) is 3.85. The van der Waals surface area contributed by atoms with E-state index < -0.39 is 0 Å². The average molecular weight is 351 g/mol. The Kier molecular flexibility index (Phi) is 5.22. The van der Waals surface area contributed by atoms with Gasteiger partial charge in [-0.15, -0.1) is 0 Å². The third-order valence-corrected chi connectivity index (χ3v) is 4.54. The van der Waals surface area contributed by atoms with Crippen LogP contribution in [0.1, 0.15) is 5.56 Å². The van der Waals surface area contributed by atoms with E-state index in [4.69, 9.17) is 17.2 Å². The van der Waals surface area contributed by atoms with E-state index in [-0.39, 0.29) is 11.6 Å². The molecule has 136 valence electrons. The standard InChI is InChI=1S/C20H25N5O/c21-17(16-8-4-5-9-19(16)26)14-18(20(22)23)25-12-10-24(11-13-25)15-6-2-1-3-7-15/h1-9,14,26H,10-13,21-23H2/b17-14-. The Morgan fingerprint density at radius 3 is 2.08 bits per heavy atom. The van der Waals surface area contributed by atoms with Crippen molar-refractivity contribution >= 4 is 11.4 Å². The fourth-order valence-electron chi connectivity index (χ4n) is 3.14. The number of piperazine rings is 1. The van der Waals surface area contributed by atoms with Gasteiger partial charge in [-0.25, -0.2) is 0 Å². The molecule has 1 saturated heterocycles. The zero-order valence-corrected chi connectivity index (χ0v) is 14.7. The zero-order chi connectivity index (χ0) is 18.5. The molecule has 0 atom stereocenters. The van der Waals surface area contributed by atoms with Crippen molar-refractivity contribution < 1.29 is 5.11 Å². The lowest BCUT2D eigenvalue weighted by Gasteiger charge is -2.38. The molecular weight excluding hydrogens is 326 g/mol. The fourth-order valence-corrected chi connectivity index (χ4v) is 3.14. The van der Waals surface area contributed by atoms with Gasteiger partial charge in [-0.3, -0.25) is 0 Å². The summed E-state index contributed by atoms with van der Waals surface area (Å²) in [7, 11) is 0. The summed E-state index contributed by atoms with van der Waals surface area (Å²) < 4.78 is 0. The number of phenolic OH excluding ortho intramolecular Hbond substituents is 1. The highest BCUT2D eigenvalue weighted by atomic mass is 16.3. The molecule has 0 aliphatic carbocycles. The van der Waals surface area contributed by atoms with Crippen molar-refractivity contribution in [1.29, 1.82) is 0 Å². The predicted octanol–water partition coefficient (Wildman–Crippen LogP) is 1.60. The summed E-state index contributed by atoms with van der Waals surface area (Å²) in [4.78, 5) is 4.46. The van der Waals surface area contributed by atoms with E-state index in [2.05, 4.69) is 21.9 Å². The van der Waals surface area contributed by atoms with Gasteiger partial charge >= 0.3 is 0 Å². The van der Waals surface area contributed by atoms with E-state index in [9.17, 15) is 5.11 Å². The van der Waals surface area contributed by atoms with Crippen molar-refractivity contribution in [3.63, 3.8) is 0 Å². The molecule has 0 saturated carbocycles. The normalized spacial score (nSPS) is 15.0. The van der Waals surface area contributed by atoms with Gasteiger partial charge in [-0.1, -0.05) is 30.3 Å². The van der Waals surface area contributed by atoms with Crippen LogP contribution in [0.3, 0.4) is 0 Å². The van der Waals surface area contributed by atoms with E-state index >= 15 is 0 Å². The van der Waals surface area contributed by atoms with Crippen LogP contribution >= 0.6 is 0 Å². The molecule has 0 unspecified atom stereocenters. The van der Waals surface area contributed by atoms with Gasteiger partial charge in [0.1, 0.15) is 11.6 Å². The highest BCUT2D eigenvalue weighted by Gasteiger charge is 2.20. The molecule has 0 aromatic heterocycles. The molecule has 1 heterocycles. The highest BCUT2D eigenvalue weighted by Crippen LogP contribution is 2.24. The molecule has 1 aliphatic heterocycles. The number of nitrogens with two attached hydrogens (primary N) is 3. The zero-order valence-electron chi connectivity index (χ0n) is 14.7. The molecule has 6 heteroatoms. The Hall–Kier alpha value is -3.28. The molecule has 26 heavy (non-hydrogen) atoms. The molecule has 3 rings (SSSR count). The van der Waals surface area contributed by atoms with Crippen LogP contribution in [0.25, 0.3) is 5.70 Å². The Balaban J connectivity index is 1.75. The van der Waals surface area contributed by atoms with E-state index in [1.165, 1.54) is 5.69 Å². The molecule has 1 aliphatic rings. The molecule has 0 amide bonds. The predicted molar refractivity (Wildman–Crippen MR) is 106 cm³/mol. The minimum atomic E-state index is 0.130. The summed E-state index contributed by atoms with van der Waals surface area (Å²) in [5, 5.41) is 9.98. The number of para-hydroxylation sites is 2. The SMILES string of the molecule is NC(N)=C(/C=C(\N)c1ccccc1O)N1CCN(c2ccccc2)CC1. The lowest BCUT2D eigenvalue weighted by atomic mass is 10.1. The molecule has 0 radical (unpaired) electrons. The number of phenols is 1. The van der Waals surface area contributed by atoms with Crippen LogP contribution in [0.15, 0.2) is 72.2 Å². The van der Waals surface area contributed by atoms with Gasteiger partial charge in [0.25, 0.3) is 0 Å². The minimum Gasteiger partial charge on any atom is -0.507 e. The van der Waals surface area contributed by atoms with E-state index in [1.807, 2.05) is 24.3 Å². The summed E-state index contributed by atoms with van der Waals surface area (Å²) in [5.41, 5.74) is 20.9. The van der Waals surface area contributed by atoms with Gasteiger partial charge in [0, 0.05) is 43.1 Å². The van der Waals surface area contributed by atoms with Crippen molar-refractivity contribution in [3.05, 3.63) is 77.8 Å². The molecule has 6 nitrogen and oxygen atoms in total. The summed E-state index contributed by atoms with van der Waals surface area (Å²) in [6, 6.07) is 17.3. The minimum absolute atomic E-state index is 0.130. The molecule has 2 aromatic rings. The van der Waals surface area contributed by atoms with Crippen LogP contribution in [-0.2, 0) is 0 Å². The maximum atomic E-state index is 9.98. The highest BCUT2D eigenvalue weighted by molar-refractivity contribution is 5.70. The topological polar surface area (TPSA) is 105 Å². The molecule has 0 bridgehead atoms. The smallest absolute Gasteiger partial charge is 0.124 e. The Morgan fingerprint density at radius 2 is 1.46 bits per heavy atom.